The summed E-state index contributed by atoms with van der Waals surface area (Å²) in [6.07, 6.45) is -3.67. The van der Waals surface area contributed by atoms with Crippen LogP contribution >= 0.6 is 11.3 Å². The first-order valence-corrected chi connectivity index (χ1v) is 24.4. The van der Waals surface area contributed by atoms with Crippen molar-refractivity contribution in [1.29, 1.82) is 0 Å². The predicted octanol–water partition coefficient (Wildman–Crippen LogP) is 6.37. The van der Waals surface area contributed by atoms with Gasteiger partial charge >= 0.3 is 6.18 Å². The second-order valence-electron chi connectivity index (χ2n) is 19.1. The number of benzene rings is 1. The molecule has 7 rings (SSSR count). The molecule has 2 aromatic heterocycles. The van der Waals surface area contributed by atoms with Crippen LogP contribution in [-0.4, -0.2) is 114 Å². The maximum Gasteiger partial charge on any atom is 0.391 e. The lowest BCUT2D eigenvalue weighted by Gasteiger charge is -2.37. The first-order valence-electron chi connectivity index (χ1n) is 22.0. The first-order chi connectivity index (χ1) is 30.4. The quantitative estimate of drug-likeness (QED) is 0.144. The molecule has 2 saturated carbocycles. The van der Waals surface area contributed by atoms with Gasteiger partial charge in [0.1, 0.15) is 34.9 Å². The van der Waals surface area contributed by atoms with Crippen molar-refractivity contribution >= 4 is 61.0 Å². The van der Waals surface area contributed by atoms with E-state index in [4.69, 9.17) is 19.4 Å². The van der Waals surface area contributed by atoms with E-state index in [1.54, 1.807) is 40.0 Å². The highest BCUT2D eigenvalue weighted by molar-refractivity contribution is 7.91. The molecule has 0 spiro atoms. The number of hydrogen-bond acceptors (Lipinski definition) is 12. The number of carbonyl (C=O) groups is 4. The lowest BCUT2D eigenvalue weighted by Crippen LogP contribution is -2.57. The highest BCUT2D eigenvalue weighted by Gasteiger charge is 2.62. The third kappa shape index (κ3) is 10.2. The second-order valence-corrected chi connectivity index (χ2v) is 21.9. The Balaban J connectivity index is 1.21. The third-order valence-electron chi connectivity index (χ3n) is 13.0. The van der Waals surface area contributed by atoms with Gasteiger partial charge < -0.3 is 29.9 Å². The molecule has 1 aromatic carbocycles. The van der Waals surface area contributed by atoms with Crippen LogP contribution in [-0.2, 0) is 29.2 Å². The number of amides is 4. The number of fused-ring (bicyclic) bond motifs is 1. The largest absolute Gasteiger partial charge is 0.496 e. The zero-order valence-electron chi connectivity index (χ0n) is 37.7. The number of carbonyl (C=O) groups excluding carboxylic acids is 4. The maximum atomic E-state index is 15.0. The summed E-state index contributed by atoms with van der Waals surface area (Å²) in [4.78, 5) is 69.6. The van der Waals surface area contributed by atoms with Crippen LogP contribution < -0.4 is 24.8 Å². The monoisotopic (exact) mass is 945 g/mol. The van der Waals surface area contributed by atoms with Gasteiger partial charge in [-0.2, -0.15) is 13.2 Å². The molecule has 15 nitrogen and oxygen atoms in total. The topological polar surface area (TPSA) is 189 Å². The van der Waals surface area contributed by atoms with Crippen LogP contribution in [0.1, 0.15) is 85.1 Å². The fourth-order valence-electron chi connectivity index (χ4n) is 8.83. The molecule has 20 heteroatoms. The molecule has 2 aliphatic heterocycles. The number of likely N-dealkylation sites (tertiary alicyclic amines) is 2. The van der Waals surface area contributed by atoms with Gasteiger partial charge in [0.25, 0.3) is 5.91 Å². The minimum Gasteiger partial charge on any atom is -0.496 e. The summed E-state index contributed by atoms with van der Waals surface area (Å²) < 4.78 is 80.8. The lowest BCUT2D eigenvalue weighted by atomic mass is 9.77. The van der Waals surface area contributed by atoms with Gasteiger partial charge in [0.15, 0.2) is 5.13 Å². The van der Waals surface area contributed by atoms with Crippen LogP contribution in [0.15, 0.2) is 36.2 Å². The number of nitrogens with zero attached hydrogens (tertiary/aromatic N) is 4. The molecular formula is C45H58F3N7O8S2. The number of sulfonamides is 1. The number of rotatable bonds is 15. The van der Waals surface area contributed by atoms with E-state index in [2.05, 4.69) is 21.9 Å². The Labute approximate surface area is 381 Å². The molecule has 354 valence electrons. The number of methoxy groups -OCH3 is 1. The average Bonchev–Trinajstić information content (AvgIpc) is 4.13. The highest BCUT2D eigenvalue weighted by Crippen LogP contribution is 2.46. The van der Waals surface area contributed by atoms with Gasteiger partial charge in [0.05, 0.1) is 42.0 Å². The summed E-state index contributed by atoms with van der Waals surface area (Å²) in [5.41, 5.74) is -0.0972. The molecule has 1 unspecified atom stereocenters. The molecule has 5 atom stereocenters. The zero-order valence-corrected chi connectivity index (χ0v) is 39.3. The molecule has 0 radical (unpaired) electrons. The molecule has 4 fully saturated rings. The van der Waals surface area contributed by atoms with Crippen molar-refractivity contribution in [3.05, 3.63) is 41.8 Å². The number of alkyl halides is 3. The number of halogens is 3. The van der Waals surface area contributed by atoms with Crippen LogP contribution in [0.25, 0.3) is 22.3 Å². The van der Waals surface area contributed by atoms with Crippen molar-refractivity contribution in [2.75, 3.05) is 32.1 Å². The van der Waals surface area contributed by atoms with Crippen molar-refractivity contribution in [3.8, 4) is 22.9 Å². The van der Waals surface area contributed by atoms with Crippen molar-refractivity contribution < 1.29 is 50.2 Å². The van der Waals surface area contributed by atoms with E-state index < -0.39 is 85.9 Å². The normalized spacial score (nSPS) is 23.3. The van der Waals surface area contributed by atoms with E-state index >= 15 is 4.79 Å². The van der Waals surface area contributed by atoms with Crippen LogP contribution in [0, 0.1) is 30.1 Å². The van der Waals surface area contributed by atoms with E-state index in [0.29, 0.717) is 51.8 Å². The zero-order chi connectivity index (χ0) is 47.4. The minimum atomic E-state index is -4.37. The number of anilines is 1. The van der Waals surface area contributed by atoms with E-state index in [9.17, 15) is 36.0 Å². The molecule has 3 aromatic rings. The summed E-state index contributed by atoms with van der Waals surface area (Å²) in [6, 6.07) is 4.23. The van der Waals surface area contributed by atoms with Crippen molar-refractivity contribution in [2.24, 2.45) is 23.2 Å². The van der Waals surface area contributed by atoms with E-state index in [1.807, 2.05) is 32.2 Å². The van der Waals surface area contributed by atoms with Crippen LogP contribution in [0.4, 0.5) is 18.3 Å². The van der Waals surface area contributed by atoms with Crippen molar-refractivity contribution in [1.82, 2.24) is 29.8 Å². The van der Waals surface area contributed by atoms with Crippen LogP contribution in [0.5, 0.6) is 11.5 Å². The van der Waals surface area contributed by atoms with Gasteiger partial charge in [-0.15, -0.1) is 17.9 Å². The molecule has 4 heterocycles. The van der Waals surface area contributed by atoms with Gasteiger partial charge in [-0.1, -0.05) is 26.8 Å². The number of hydrogen-bond donors (Lipinski definition) is 3. The molecule has 3 N–H and O–H groups in total. The Morgan fingerprint density at radius 3 is 2.32 bits per heavy atom. The number of piperidine rings is 1. The molecule has 65 heavy (non-hydrogen) atoms. The number of aryl methyl sites for hydroxylation is 1. The smallest absolute Gasteiger partial charge is 0.391 e. The molecule has 2 aliphatic carbocycles. The van der Waals surface area contributed by atoms with Gasteiger partial charge in [-0.05, 0) is 70.4 Å². The van der Waals surface area contributed by atoms with Crippen molar-refractivity contribution in [3.63, 3.8) is 0 Å². The van der Waals surface area contributed by atoms with Gasteiger partial charge in [-0.25, -0.2) is 18.4 Å². The first kappa shape index (κ1) is 48.0. The fraction of sp³-hybridized carbons (Fsp3) is 0.600. The van der Waals surface area contributed by atoms with Crippen molar-refractivity contribution in [2.45, 2.75) is 122 Å². The van der Waals surface area contributed by atoms with Crippen LogP contribution in [0.3, 0.4) is 0 Å². The molecule has 2 saturated heterocycles. The maximum absolute atomic E-state index is 15.0. The molecular weight excluding hydrogens is 888 g/mol. The minimum absolute atomic E-state index is 0.0579. The summed E-state index contributed by atoms with van der Waals surface area (Å²) in [6.45, 7) is 14.7. The number of ether oxygens (including phenoxy) is 2. The van der Waals surface area contributed by atoms with E-state index in [-0.39, 0.29) is 57.8 Å². The number of thiazole rings is 1. The summed E-state index contributed by atoms with van der Waals surface area (Å²) in [7, 11) is -2.42. The highest BCUT2D eigenvalue weighted by atomic mass is 32.2. The Morgan fingerprint density at radius 2 is 1.74 bits per heavy atom. The Kier molecular flexibility index (Phi) is 13.3. The fourth-order valence-corrected chi connectivity index (χ4v) is 11.0. The Hall–Kier alpha value is -4.98. The molecule has 4 amide bonds. The molecule has 4 aliphatic rings. The standard InChI is InChI=1S/C45H58F3N7O8S2/c1-9-26-21-44(26,41(59)53-65(60,61)29-10-11-29)52-39(57)34-18-28(22-55(34)40(58)31(43(5,6)7)19-37(56)54-16-14-27(15-17-54)45(46,47)48)63-36-20-32(33-23-64-42(51-33)49-24(2)3)50-38-25(4)35(62-8)13-12-30(36)38/h9,12-13,20,23-24,26-29,31,34H,1,10-11,14-19,21-22H2,2-8H3,(H,49,51)(H,52,57)(H,53,59)/t26-,28-,31-,34+,44?/m1/s1. The predicted molar refractivity (Wildman–Crippen MR) is 240 cm³/mol. The summed E-state index contributed by atoms with van der Waals surface area (Å²) in [5.74, 6) is -4.79. The number of aromatic nitrogens is 2. The third-order valence-corrected chi connectivity index (χ3v) is 15.6. The Bertz CT molecular complexity index is 2460. The summed E-state index contributed by atoms with van der Waals surface area (Å²) in [5, 5.41) is 8.61. The summed E-state index contributed by atoms with van der Waals surface area (Å²) >= 11 is 1.42. The van der Waals surface area contributed by atoms with Gasteiger partial charge in [0.2, 0.25) is 27.7 Å². The molecule has 0 bridgehead atoms. The van der Waals surface area contributed by atoms with Gasteiger partial charge in [-0.3, -0.25) is 23.9 Å². The average molecular weight is 946 g/mol. The lowest BCUT2D eigenvalue weighted by molar-refractivity contribution is -0.186. The number of nitrogens with one attached hydrogen (secondary N) is 3. The Morgan fingerprint density at radius 1 is 1.05 bits per heavy atom. The van der Waals surface area contributed by atoms with E-state index in [0.717, 1.165) is 5.56 Å². The number of pyridine rings is 1. The SMILES string of the molecule is C=C[C@@H]1CC1(NC(=O)[C@@H]1C[C@@H](Oc2cc(-c3csc(NC(C)C)n3)nc3c(C)c(OC)ccc23)CN1C(=O)[C@@H](CC(=O)N1CCC(C(F)(F)F)CC1)C(C)(C)C)C(=O)NS(=O)(=O)C1CC1. The van der Waals surface area contributed by atoms with Gasteiger partial charge in [0, 0.05) is 60.3 Å². The van der Waals surface area contributed by atoms with E-state index in [1.165, 1.54) is 27.2 Å². The second kappa shape index (κ2) is 18.0. The van der Waals surface area contributed by atoms with Crippen LogP contribution in [0.2, 0.25) is 0 Å².